The van der Waals surface area contributed by atoms with Gasteiger partial charge in [0.1, 0.15) is 34.3 Å². The first-order valence-electron chi connectivity index (χ1n) is 20.6. The molecule has 4 atom stereocenters. The third kappa shape index (κ3) is 27.3. The number of hydrogen-bond acceptors (Lipinski definition) is 15. The summed E-state index contributed by atoms with van der Waals surface area (Å²) in [6.07, 6.45) is 3.82. The standard InChI is InChI=1S/C41H72B2N4O10S2/c1-30(28-58-38(4,5)6)36(50)55-23-21-53-34(48)13-17-46(26-33-27-47(45-44-33)19-15-41(11,43)57-20-16-39(7,8)52-12)18-14-35(49)54-22-24-56-37(51)31(2)29-59-40(9,10)25-32(3)42/h27,30-32H,13-26,28-29H2,1-12H3. The van der Waals surface area contributed by atoms with Gasteiger partial charge in [0, 0.05) is 72.6 Å². The fourth-order valence-corrected chi connectivity index (χ4v) is 7.38. The van der Waals surface area contributed by atoms with Crippen LogP contribution in [0.15, 0.2) is 6.20 Å². The molecule has 0 saturated heterocycles. The van der Waals surface area contributed by atoms with E-state index in [9.17, 15) is 19.2 Å². The molecule has 0 aliphatic rings. The van der Waals surface area contributed by atoms with Gasteiger partial charge in [-0.15, -0.1) is 5.10 Å². The number of carbonyl (C=O) groups excluding carboxylic acids is 4. The zero-order valence-electron chi connectivity index (χ0n) is 38.0. The highest BCUT2D eigenvalue weighted by Gasteiger charge is 2.25. The molecule has 0 saturated carbocycles. The molecule has 0 bridgehead atoms. The zero-order chi connectivity index (χ0) is 44.9. The van der Waals surface area contributed by atoms with Crippen molar-refractivity contribution in [3.8, 4) is 0 Å². The predicted molar refractivity (Wildman–Crippen MR) is 236 cm³/mol. The van der Waals surface area contributed by atoms with Crippen LogP contribution in [-0.4, -0.2) is 145 Å². The Morgan fingerprint density at radius 2 is 1.29 bits per heavy atom. The van der Waals surface area contributed by atoms with Crippen LogP contribution in [0, 0.1) is 11.8 Å². The van der Waals surface area contributed by atoms with Crippen molar-refractivity contribution in [2.75, 3.05) is 64.7 Å². The average Bonchev–Trinajstić information content (AvgIpc) is 3.59. The summed E-state index contributed by atoms with van der Waals surface area (Å²) in [5, 5.41) is 8.54. The molecule has 1 rings (SSSR count). The van der Waals surface area contributed by atoms with Crippen LogP contribution in [0.25, 0.3) is 0 Å². The molecule has 0 spiro atoms. The van der Waals surface area contributed by atoms with E-state index in [1.807, 2.05) is 46.4 Å². The van der Waals surface area contributed by atoms with Crippen molar-refractivity contribution in [3.63, 3.8) is 0 Å². The van der Waals surface area contributed by atoms with Crippen LogP contribution in [0.5, 0.6) is 0 Å². The fraction of sp³-hybridized carbons (Fsp3) is 0.854. The van der Waals surface area contributed by atoms with Crippen LogP contribution >= 0.6 is 23.5 Å². The first kappa shape index (κ1) is 54.7. The van der Waals surface area contributed by atoms with E-state index < -0.39 is 17.4 Å². The second-order valence-corrected chi connectivity index (χ2v) is 21.2. The summed E-state index contributed by atoms with van der Waals surface area (Å²) in [6.45, 7) is 23.3. The van der Waals surface area contributed by atoms with Gasteiger partial charge in [-0.25, -0.2) is 0 Å². The molecule has 0 N–H and O–H groups in total. The summed E-state index contributed by atoms with van der Waals surface area (Å²) < 4.78 is 34.4. The molecular weight excluding hydrogens is 794 g/mol. The maximum absolute atomic E-state index is 12.7. The smallest absolute Gasteiger partial charge is 0.309 e. The average molecular weight is 867 g/mol. The lowest BCUT2D eigenvalue weighted by atomic mass is 9.80. The van der Waals surface area contributed by atoms with E-state index in [1.165, 1.54) is 0 Å². The summed E-state index contributed by atoms with van der Waals surface area (Å²) in [7, 11) is 14.0. The number of aryl methyl sites for hydroxylation is 1. The normalized spacial score (nSPS) is 14.9. The van der Waals surface area contributed by atoms with Crippen molar-refractivity contribution in [1.29, 1.82) is 0 Å². The van der Waals surface area contributed by atoms with Gasteiger partial charge in [-0.3, -0.25) is 28.8 Å². The zero-order valence-corrected chi connectivity index (χ0v) is 39.6. The number of ether oxygens (including phenoxy) is 6. The lowest BCUT2D eigenvalue weighted by Gasteiger charge is -2.29. The van der Waals surface area contributed by atoms with Crippen molar-refractivity contribution in [2.45, 2.75) is 148 Å². The lowest BCUT2D eigenvalue weighted by molar-refractivity contribution is -0.154. The number of nitrogens with zero attached hydrogens (tertiary/aromatic N) is 4. The molecule has 0 aliphatic heterocycles. The van der Waals surface area contributed by atoms with Gasteiger partial charge in [0.25, 0.3) is 0 Å². The molecule has 59 heavy (non-hydrogen) atoms. The first-order chi connectivity index (χ1) is 27.3. The van der Waals surface area contributed by atoms with Crippen molar-refractivity contribution in [3.05, 3.63) is 11.9 Å². The maximum atomic E-state index is 12.7. The predicted octanol–water partition coefficient (Wildman–Crippen LogP) is 5.82. The summed E-state index contributed by atoms with van der Waals surface area (Å²) in [5.41, 5.74) is -0.580. The first-order valence-corrected chi connectivity index (χ1v) is 22.6. The third-order valence-electron chi connectivity index (χ3n) is 9.05. The molecule has 0 amide bonds. The third-order valence-corrected chi connectivity index (χ3v) is 12.2. The Morgan fingerprint density at radius 3 is 1.78 bits per heavy atom. The summed E-state index contributed by atoms with van der Waals surface area (Å²) in [4.78, 5) is 52.1. The van der Waals surface area contributed by atoms with Gasteiger partial charge < -0.3 is 28.4 Å². The van der Waals surface area contributed by atoms with E-state index in [-0.39, 0.29) is 97.0 Å². The molecule has 4 radical (unpaired) electrons. The van der Waals surface area contributed by atoms with Crippen molar-refractivity contribution >= 4 is 63.1 Å². The molecule has 0 aromatic carbocycles. The van der Waals surface area contributed by atoms with Gasteiger partial charge in [0.2, 0.25) is 0 Å². The molecule has 14 nitrogen and oxygen atoms in total. The van der Waals surface area contributed by atoms with E-state index in [0.717, 1.165) is 6.42 Å². The highest BCUT2D eigenvalue weighted by Crippen LogP contribution is 2.33. The van der Waals surface area contributed by atoms with Crippen LogP contribution in [0.4, 0.5) is 0 Å². The number of rotatable bonds is 31. The highest BCUT2D eigenvalue weighted by atomic mass is 32.2. The summed E-state index contributed by atoms with van der Waals surface area (Å²) in [6, 6.07) is 0. The van der Waals surface area contributed by atoms with Gasteiger partial charge in [0.15, 0.2) is 0 Å². The van der Waals surface area contributed by atoms with Gasteiger partial charge in [0.05, 0.1) is 43.8 Å². The Bertz CT molecular complexity index is 1410. The lowest BCUT2D eigenvalue weighted by Crippen LogP contribution is -2.34. The number of esters is 4. The Labute approximate surface area is 365 Å². The molecule has 1 aromatic rings. The number of hydrogen-bond donors (Lipinski definition) is 0. The van der Waals surface area contributed by atoms with Crippen LogP contribution in [-0.2, 0) is 60.7 Å². The Hall–Kier alpha value is -2.27. The van der Waals surface area contributed by atoms with E-state index >= 15 is 0 Å². The number of thioether (sulfide) groups is 2. The van der Waals surface area contributed by atoms with Gasteiger partial charge in [-0.2, -0.15) is 23.5 Å². The SMILES string of the molecule is [B]C(C)CC(C)(C)SCC(C)C(=O)OCCOC(=O)CCN(CCC(=O)OCCOC(=O)C(C)CSC(C)(C)C)Cc1cn(CCC([B])(C)OCCC(C)(C)OC)nn1. The molecule has 334 valence electrons. The molecular formula is C41H72B2N4O10S2. The fourth-order valence-electron chi connectivity index (χ4n) is 5.28. The molecule has 4 unspecified atom stereocenters. The van der Waals surface area contributed by atoms with E-state index in [1.54, 1.807) is 41.5 Å². The minimum Gasteiger partial charge on any atom is -0.462 e. The van der Waals surface area contributed by atoms with Gasteiger partial charge in [-0.1, -0.05) is 66.4 Å². The summed E-state index contributed by atoms with van der Waals surface area (Å²) in [5.74, 6) is -0.959. The number of aromatic nitrogens is 3. The van der Waals surface area contributed by atoms with Crippen LogP contribution in [0.3, 0.4) is 0 Å². The minimum absolute atomic E-state index is 0.0171. The van der Waals surface area contributed by atoms with Gasteiger partial charge in [-0.05, 0) is 40.0 Å². The topological polar surface area (TPSA) is 158 Å². The molecule has 1 aromatic heterocycles. The monoisotopic (exact) mass is 866 g/mol. The van der Waals surface area contributed by atoms with Crippen LogP contribution in [0.2, 0.25) is 5.82 Å². The van der Waals surface area contributed by atoms with Crippen molar-refractivity contribution in [1.82, 2.24) is 19.9 Å². The van der Waals surface area contributed by atoms with E-state index in [4.69, 9.17) is 44.1 Å². The molecule has 18 heteroatoms. The second kappa shape index (κ2) is 26.9. The minimum atomic E-state index is -0.888. The molecule has 0 fully saturated rings. The van der Waals surface area contributed by atoms with Crippen LogP contribution in [0.1, 0.15) is 114 Å². The molecule has 1 heterocycles. The van der Waals surface area contributed by atoms with E-state index in [2.05, 4.69) is 44.9 Å². The van der Waals surface area contributed by atoms with E-state index in [0.29, 0.717) is 49.7 Å². The largest absolute Gasteiger partial charge is 0.462 e. The van der Waals surface area contributed by atoms with Gasteiger partial charge >= 0.3 is 23.9 Å². The Morgan fingerprint density at radius 1 is 0.780 bits per heavy atom. The Kier molecular flexibility index (Phi) is 25.0. The van der Waals surface area contributed by atoms with Crippen LogP contribution < -0.4 is 0 Å². The van der Waals surface area contributed by atoms with Crippen molar-refractivity contribution < 1.29 is 47.6 Å². The van der Waals surface area contributed by atoms with Crippen molar-refractivity contribution in [2.24, 2.45) is 11.8 Å². The quantitative estimate of drug-likeness (QED) is 0.0380. The number of methoxy groups -OCH3 is 1. The Balaban J connectivity index is 2.71. The maximum Gasteiger partial charge on any atom is 0.309 e. The molecule has 0 aliphatic carbocycles. The second-order valence-electron chi connectivity index (χ2n) is 17.6. The highest BCUT2D eigenvalue weighted by molar-refractivity contribution is 8.00. The summed E-state index contributed by atoms with van der Waals surface area (Å²) >= 11 is 3.36. The number of carbonyl (C=O) groups is 4.